The lowest BCUT2D eigenvalue weighted by Gasteiger charge is -2.34. The summed E-state index contributed by atoms with van der Waals surface area (Å²) in [6.07, 6.45) is 1.61. The molecule has 0 aliphatic carbocycles. The smallest absolute Gasteiger partial charge is 0.259 e. The largest absolute Gasteiger partial charge is 0.354 e. The molecule has 1 aliphatic rings. The zero-order valence-corrected chi connectivity index (χ0v) is 19.6. The van der Waals surface area contributed by atoms with Gasteiger partial charge in [-0.15, -0.1) is 0 Å². The van der Waals surface area contributed by atoms with Gasteiger partial charge in [0.15, 0.2) is 0 Å². The van der Waals surface area contributed by atoms with Crippen molar-refractivity contribution in [1.82, 2.24) is 14.8 Å². The van der Waals surface area contributed by atoms with E-state index in [2.05, 4.69) is 27.6 Å². The number of amidine groups is 1. The summed E-state index contributed by atoms with van der Waals surface area (Å²) in [7, 11) is 3.94. The first kappa shape index (κ1) is 24.1. The highest BCUT2D eigenvalue weighted by Gasteiger charge is 2.19. The summed E-state index contributed by atoms with van der Waals surface area (Å²) in [6.45, 7) is 3.36. The fourth-order valence-electron chi connectivity index (χ4n) is 3.73. The maximum absolute atomic E-state index is 13.9. The number of nitrogens with one attached hydrogen (secondary N) is 3. The molecule has 0 radical (unpaired) electrons. The molecule has 2 aromatic carbocycles. The number of piperazine rings is 1. The molecule has 178 valence electrons. The maximum Gasteiger partial charge on any atom is 0.259 e. The van der Waals surface area contributed by atoms with Crippen molar-refractivity contribution in [3.05, 3.63) is 83.3 Å². The molecule has 0 bridgehead atoms. The van der Waals surface area contributed by atoms with Gasteiger partial charge in [-0.25, -0.2) is 9.37 Å². The monoisotopic (exact) mass is 472 g/mol. The Labute approximate surface area is 204 Å². The average molecular weight is 472 g/mol. The van der Waals surface area contributed by atoms with E-state index < -0.39 is 17.6 Å². The molecule has 35 heavy (non-hydrogen) atoms. The van der Waals surface area contributed by atoms with Crippen molar-refractivity contribution >= 4 is 42.5 Å². The molecule has 2 heterocycles. The number of benzene rings is 2. The number of carbonyl (C=O) groups is 2. The van der Waals surface area contributed by atoms with Crippen LogP contribution in [0.15, 0.2) is 60.8 Å². The van der Waals surface area contributed by atoms with Gasteiger partial charge in [-0.2, -0.15) is 0 Å². The van der Waals surface area contributed by atoms with E-state index in [9.17, 15) is 14.0 Å². The molecular formula is C25H26BFN6O2. The first-order chi connectivity index (χ1) is 16.8. The molecule has 3 aromatic rings. The molecule has 1 fully saturated rings. The summed E-state index contributed by atoms with van der Waals surface area (Å²) < 4.78 is 13.9. The van der Waals surface area contributed by atoms with Crippen LogP contribution in [0, 0.1) is 11.2 Å². The Kier molecular flexibility index (Phi) is 7.21. The van der Waals surface area contributed by atoms with Crippen LogP contribution in [0.3, 0.4) is 0 Å². The Morgan fingerprint density at radius 1 is 0.943 bits per heavy atom. The maximum atomic E-state index is 13.9. The summed E-state index contributed by atoms with van der Waals surface area (Å²) in [5, 5.41) is 13.8. The van der Waals surface area contributed by atoms with Crippen molar-refractivity contribution in [3.63, 3.8) is 0 Å². The topological polar surface area (TPSA) is 101 Å². The molecule has 8 nitrogen and oxygen atoms in total. The molecule has 0 spiro atoms. The number of aromatic nitrogens is 1. The molecule has 4 rings (SSSR count). The normalized spacial score (nSPS) is 13.8. The highest BCUT2D eigenvalue weighted by atomic mass is 19.1. The molecular weight excluding hydrogens is 446 g/mol. The Morgan fingerprint density at radius 3 is 2.29 bits per heavy atom. The van der Waals surface area contributed by atoms with E-state index in [1.54, 1.807) is 42.6 Å². The number of rotatable bonds is 5. The zero-order valence-electron chi connectivity index (χ0n) is 19.6. The second-order valence-corrected chi connectivity index (χ2v) is 8.54. The van der Waals surface area contributed by atoms with Gasteiger partial charge in [-0.05, 0) is 43.4 Å². The van der Waals surface area contributed by atoms with Gasteiger partial charge in [0.05, 0.1) is 11.3 Å². The third-order valence-corrected chi connectivity index (χ3v) is 5.87. The van der Waals surface area contributed by atoms with Crippen molar-refractivity contribution in [1.29, 1.82) is 5.41 Å². The number of carbonyl (C=O) groups excluding carboxylic acids is 2. The molecule has 1 saturated heterocycles. The highest BCUT2D eigenvalue weighted by Crippen LogP contribution is 2.20. The lowest BCUT2D eigenvalue weighted by atomic mass is 9.99. The van der Waals surface area contributed by atoms with Crippen LogP contribution in [-0.2, 0) is 0 Å². The van der Waals surface area contributed by atoms with E-state index >= 15 is 0 Å². The Bertz CT molecular complexity index is 1240. The van der Waals surface area contributed by atoms with Crippen molar-refractivity contribution in [3.8, 4) is 0 Å². The van der Waals surface area contributed by atoms with Gasteiger partial charge in [0.1, 0.15) is 25.3 Å². The first-order valence-corrected chi connectivity index (χ1v) is 11.3. The minimum Gasteiger partial charge on any atom is -0.354 e. The molecule has 1 aromatic heterocycles. The van der Waals surface area contributed by atoms with Crippen LogP contribution in [0.1, 0.15) is 26.3 Å². The van der Waals surface area contributed by atoms with Gasteiger partial charge in [-0.3, -0.25) is 15.0 Å². The summed E-state index contributed by atoms with van der Waals surface area (Å²) in [6, 6.07) is 13.8. The molecule has 0 unspecified atom stereocenters. The van der Waals surface area contributed by atoms with E-state index in [0.29, 0.717) is 17.2 Å². The predicted octanol–water partition coefficient (Wildman–Crippen LogP) is 1.56. The Morgan fingerprint density at radius 2 is 1.63 bits per heavy atom. The minimum atomic E-state index is -0.600. The van der Waals surface area contributed by atoms with Crippen LogP contribution in [0.2, 0.25) is 0 Å². The number of halogens is 1. The molecule has 3 N–H and O–H groups in total. The van der Waals surface area contributed by atoms with Crippen LogP contribution in [-0.4, -0.2) is 73.5 Å². The van der Waals surface area contributed by atoms with Crippen molar-refractivity contribution in [2.45, 2.75) is 0 Å². The van der Waals surface area contributed by atoms with Crippen LogP contribution >= 0.6 is 0 Å². The van der Waals surface area contributed by atoms with Gasteiger partial charge in [0.25, 0.3) is 11.8 Å². The van der Waals surface area contributed by atoms with Crippen molar-refractivity contribution in [2.75, 3.05) is 43.9 Å². The Balaban J connectivity index is 1.46. The highest BCUT2D eigenvalue weighted by molar-refractivity contribution is 6.32. The first-order valence-electron chi connectivity index (χ1n) is 11.3. The van der Waals surface area contributed by atoms with Gasteiger partial charge in [0, 0.05) is 43.5 Å². The summed E-state index contributed by atoms with van der Waals surface area (Å²) in [4.78, 5) is 34.0. The SMILES string of the molecule is Bc1ccc(NC(=O)c2cc(F)ccc2NC(=O)c2ccc(C(=N)N3CCN(C)CC3)cc2)nc1. The molecule has 10 heteroatoms. The fourth-order valence-corrected chi connectivity index (χ4v) is 3.73. The Hall–Kier alpha value is -4.05. The predicted molar refractivity (Wildman–Crippen MR) is 137 cm³/mol. The van der Waals surface area contributed by atoms with Crippen LogP contribution in [0.4, 0.5) is 15.9 Å². The van der Waals surface area contributed by atoms with E-state index in [1.165, 1.54) is 12.1 Å². The number of nitrogens with zero attached hydrogens (tertiary/aromatic N) is 3. The summed E-state index contributed by atoms with van der Waals surface area (Å²) in [5.74, 6) is -0.895. The van der Waals surface area contributed by atoms with E-state index in [-0.39, 0.29) is 11.3 Å². The van der Waals surface area contributed by atoms with Gasteiger partial charge in [-0.1, -0.05) is 23.7 Å². The third kappa shape index (κ3) is 5.91. The number of anilines is 2. The van der Waals surface area contributed by atoms with Crippen LogP contribution in [0.5, 0.6) is 0 Å². The lowest BCUT2D eigenvalue weighted by molar-refractivity contribution is 0.102. The van der Waals surface area contributed by atoms with E-state index in [1.807, 2.05) is 12.7 Å². The molecule has 0 saturated carbocycles. The van der Waals surface area contributed by atoms with Crippen LogP contribution in [0.25, 0.3) is 0 Å². The van der Waals surface area contributed by atoms with Crippen LogP contribution < -0.4 is 16.1 Å². The van der Waals surface area contributed by atoms with Gasteiger partial charge in [0.2, 0.25) is 0 Å². The standard InChI is InChI=1S/C25H26BFN6O2/c1-32-10-12-33(13-11-32)23(28)16-2-4-17(5-3-16)24(34)30-21-8-7-19(27)14-20(21)25(35)31-22-9-6-18(26)15-29-22/h2-9,14-15,28H,10-13,26H2,1H3,(H,30,34)(H,29,31,35). The molecule has 0 atom stereocenters. The number of hydrogen-bond donors (Lipinski definition) is 3. The second kappa shape index (κ2) is 10.5. The number of likely N-dealkylation sites (N-methyl/N-ethyl adjacent to an activating group) is 1. The third-order valence-electron chi connectivity index (χ3n) is 5.87. The van der Waals surface area contributed by atoms with Gasteiger partial charge < -0.3 is 20.4 Å². The van der Waals surface area contributed by atoms with Crippen molar-refractivity contribution < 1.29 is 14.0 Å². The summed E-state index contributed by atoms with van der Waals surface area (Å²) >= 11 is 0. The zero-order chi connectivity index (χ0) is 24.9. The van der Waals surface area contributed by atoms with Gasteiger partial charge >= 0.3 is 0 Å². The second-order valence-electron chi connectivity index (χ2n) is 8.54. The number of amides is 2. The number of pyridine rings is 1. The number of hydrogen-bond acceptors (Lipinski definition) is 5. The van der Waals surface area contributed by atoms with Crippen molar-refractivity contribution in [2.24, 2.45) is 0 Å². The van der Waals surface area contributed by atoms with E-state index in [4.69, 9.17) is 5.41 Å². The quantitative estimate of drug-likeness (QED) is 0.297. The average Bonchev–Trinajstić information content (AvgIpc) is 2.86. The molecule has 1 aliphatic heterocycles. The summed E-state index contributed by atoms with van der Waals surface area (Å²) in [5.41, 5.74) is 2.17. The lowest BCUT2D eigenvalue weighted by Crippen LogP contribution is -2.47. The minimum absolute atomic E-state index is 0.0193. The van der Waals surface area contributed by atoms with E-state index in [0.717, 1.165) is 43.3 Å². The fraction of sp³-hybridized carbons (Fsp3) is 0.200. The molecule has 2 amide bonds.